The van der Waals surface area contributed by atoms with Crippen LogP contribution in [-0.2, 0) is 4.79 Å². The van der Waals surface area contributed by atoms with Gasteiger partial charge in [0.05, 0.1) is 23.8 Å². The van der Waals surface area contributed by atoms with Crippen LogP contribution >= 0.6 is 0 Å². The van der Waals surface area contributed by atoms with Crippen LogP contribution in [0.5, 0.6) is 11.5 Å². The third kappa shape index (κ3) is 4.97. The number of anilines is 1. The standard InChI is InChI=1S/C20H24N2O5/c1-12(2)17-8-7-16(10-13(17)3)27-14(4)20(23)21-18-9-6-15(22(24)25)11-19(18)26-5/h6-12,14H,1-5H3,(H,21,23). The van der Waals surface area contributed by atoms with Gasteiger partial charge in [0.2, 0.25) is 0 Å². The van der Waals surface area contributed by atoms with E-state index in [1.807, 2.05) is 25.1 Å². The van der Waals surface area contributed by atoms with E-state index in [1.165, 1.54) is 30.9 Å². The van der Waals surface area contributed by atoms with Crippen LogP contribution in [0.15, 0.2) is 36.4 Å². The van der Waals surface area contributed by atoms with Crippen LogP contribution in [0.4, 0.5) is 11.4 Å². The van der Waals surface area contributed by atoms with Crippen LogP contribution in [0.25, 0.3) is 0 Å². The van der Waals surface area contributed by atoms with Gasteiger partial charge in [0.1, 0.15) is 11.5 Å². The highest BCUT2D eigenvalue weighted by molar-refractivity contribution is 5.95. The molecule has 1 unspecified atom stereocenters. The number of nitrogens with one attached hydrogen (secondary N) is 1. The van der Waals surface area contributed by atoms with Gasteiger partial charge in [-0.25, -0.2) is 0 Å². The van der Waals surface area contributed by atoms with Crippen molar-refractivity contribution in [2.45, 2.75) is 39.7 Å². The molecule has 2 rings (SSSR count). The highest BCUT2D eigenvalue weighted by atomic mass is 16.6. The van der Waals surface area contributed by atoms with Crippen molar-refractivity contribution >= 4 is 17.3 Å². The first kappa shape index (κ1) is 20.2. The quantitative estimate of drug-likeness (QED) is 0.573. The summed E-state index contributed by atoms with van der Waals surface area (Å²) in [7, 11) is 1.38. The minimum absolute atomic E-state index is 0.116. The van der Waals surface area contributed by atoms with Crippen molar-refractivity contribution in [1.82, 2.24) is 0 Å². The maximum absolute atomic E-state index is 12.4. The lowest BCUT2D eigenvalue weighted by atomic mass is 9.98. The van der Waals surface area contributed by atoms with Crippen molar-refractivity contribution in [1.29, 1.82) is 0 Å². The first-order valence-corrected chi connectivity index (χ1v) is 8.63. The summed E-state index contributed by atoms with van der Waals surface area (Å²) in [5.41, 5.74) is 2.56. The lowest BCUT2D eigenvalue weighted by Gasteiger charge is -2.17. The Hall–Kier alpha value is -3.09. The van der Waals surface area contributed by atoms with Gasteiger partial charge in [-0.3, -0.25) is 14.9 Å². The Morgan fingerprint density at radius 2 is 1.85 bits per heavy atom. The molecule has 0 bridgehead atoms. The molecular formula is C20H24N2O5. The number of ether oxygens (including phenoxy) is 2. The van der Waals surface area contributed by atoms with E-state index in [-0.39, 0.29) is 17.3 Å². The number of nitro benzene ring substituents is 1. The van der Waals surface area contributed by atoms with E-state index < -0.39 is 11.0 Å². The summed E-state index contributed by atoms with van der Waals surface area (Å²) in [5.74, 6) is 0.846. The number of nitro groups is 1. The number of amides is 1. The summed E-state index contributed by atoms with van der Waals surface area (Å²) in [6, 6.07) is 9.75. The molecule has 0 saturated heterocycles. The summed E-state index contributed by atoms with van der Waals surface area (Å²) >= 11 is 0. The maximum Gasteiger partial charge on any atom is 0.273 e. The van der Waals surface area contributed by atoms with Crippen molar-refractivity contribution in [2.24, 2.45) is 0 Å². The summed E-state index contributed by atoms with van der Waals surface area (Å²) in [5, 5.41) is 13.5. The summed E-state index contributed by atoms with van der Waals surface area (Å²) in [6.07, 6.45) is -0.755. The molecule has 0 aliphatic carbocycles. The minimum Gasteiger partial charge on any atom is -0.494 e. The highest BCUT2D eigenvalue weighted by Gasteiger charge is 2.19. The Bertz CT molecular complexity index is 848. The molecule has 1 N–H and O–H groups in total. The monoisotopic (exact) mass is 372 g/mol. The number of aryl methyl sites for hydroxylation is 1. The Balaban J connectivity index is 2.10. The summed E-state index contributed by atoms with van der Waals surface area (Å²) in [4.78, 5) is 22.8. The van der Waals surface area contributed by atoms with E-state index in [4.69, 9.17) is 9.47 Å². The third-order valence-corrected chi connectivity index (χ3v) is 4.20. The van der Waals surface area contributed by atoms with Crippen molar-refractivity contribution in [3.8, 4) is 11.5 Å². The molecule has 1 amide bonds. The van der Waals surface area contributed by atoms with E-state index in [9.17, 15) is 14.9 Å². The molecule has 7 heteroatoms. The zero-order valence-electron chi connectivity index (χ0n) is 16.1. The van der Waals surface area contributed by atoms with E-state index in [1.54, 1.807) is 6.92 Å². The molecule has 0 spiro atoms. The molecule has 0 aromatic heterocycles. The molecule has 0 aliphatic rings. The normalized spacial score (nSPS) is 11.8. The highest BCUT2D eigenvalue weighted by Crippen LogP contribution is 2.29. The number of hydrogen-bond acceptors (Lipinski definition) is 5. The van der Waals surface area contributed by atoms with Crippen LogP contribution in [0, 0.1) is 17.0 Å². The number of nitrogens with zero attached hydrogens (tertiary/aromatic N) is 1. The molecule has 2 aromatic rings. The van der Waals surface area contributed by atoms with Gasteiger partial charge >= 0.3 is 0 Å². The molecular weight excluding hydrogens is 348 g/mol. The van der Waals surface area contributed by atoms with Gasteiger partial charge in [0, 0.05) is 6.07 Å². The van der Waals surface area contributed by atoms with Gasteiger partial charge in [-0.2, -0.15) is 0 Å². The second kappa shape index (κ2) is 8.53. The lowest BCUT2D eigenvalue weighted by Crippen LogP contribution is -2.30. The van der Waals surface area contributed by atoms with Crippen LogP contribution in [0.3, 0.4) is 0 Å². The van der Waals surface area contributed by atoms with Gasteiger partial charge in [0.25, 0.3) is 11.6 Å². The fourth-order valence-corrected chi connectivity index (χ4v) is 2.76. The first-order valence-electron chi connectivity index (χ1n) is 8.63. The SMILES string of the molecule is COc1cc([N+](=O)[O-])ccc1NC(=O)C(C)Oc1ccc(C(C)C)c(C)c1. The van der Waals surface area contributed by atoms with Crippen LogP contribution in [0.1, 0.15) is 37.8 Å². The predicted octanol–water partition coefficient (Wildman–Crippen LogP) is 4.44. The average Bonchev–Trinajstić information content (AvgIpc) is 2.61. The number of benzene rings is 2. The van der Waals surface area contributed by atoms with Crippen LogP contribution in [0.2, 0.25) is 0 Å². The van der Waals surface area contributed by atoms with Gasteiger partial charge < -0.3 is 14.8 Å². The molecule has 1 atom stereocenters. The topological polar surface area (TPSA) is 90.7 Å². The third-order valence-electron chi connectivity index (χ3n) is 4.20. The van der Waals surface area contributed by atoms with E-state index >= 15 is 0 Å². The van der Waals surface area contributed by atoms with Crippen molar-refractivity contribution in [3.63, 3.8) is 0 Å². The molecule has 0 aliphatic heterocycles. The number of non-ortho nitro benzene ring substituents is 1. The fraction of sp³-hybridized carbons (Fsp3) is 0.350. The smallest absolute Gasteiger partial charge is 0.273 e. The molecule has 0 saturated carbocycles. The molecule has 27 heavy (non-hydrogen) atoms. The molecule has 144 valence electrons. The van der Waals surface area contributed by atoms with Gasteiger partial charge in [-0.1, -0.05) is 19.9 Å². The number of hydrogen-bond donors (Lipinski definition) is 1. The number of carbonyl (C=O) groups is 1. The number of rotatable bonds is 7. The second-order valence-electron chi connectivity index (χ2n) is 6.56. The Kier molecular flexibility index (Phi) is 6.39. The van der Waals surface area contributed by atoms with Crippen molar-refractivity contribution in [2.75, 3.05) is 12.4 Å². The van der Waals surface area contributed by atoms with E-state index in [0.29, 0.717) is 17.4 Å². The summed E-state index contributed by atoms with van der Waals surface area (Å²) < 4.78 is 10.9. The fourth-order valence-electron chi connectivity index (χ4n) is 2.76. The first-order chi connectivity index (χ1) is 12.7. The average molecular weight is 372 g/mol. The van der Waals surface area contributed by atoms with Crippen molar-refractivity contribution < 1.29 is 19.2 Å². The largest absolute Gasteiger partial charge is 0.494 e. The molecule has 2 aromatic carbocycles. The molecule has 0 fully saturated rings. The number of carbonyl (C=O) groups excluding carboxylic acids is 1. The van der Waals surface area contributed by atoms with E-state index in [0.717, 1.165) is 5.56 Å². The van der Waals surface area contributed by atoms with Crippen LogP contribution < -0.4 is 14.8 Å². The maximum atomic E-state index is 12.4. The molecule has 7 nitrogen and oxygen atoms in total. The Labute approximate surface area is 158 Å². The van der Waals surface area contributed by atoms with Crippen LogP contribution in [-0.4, -0.2) is 24.0 Å². The molecule has 0 heterocycles. The summed E-state index contributed by atoms with van der Waals surface area (Å²) in [6.45, 7) is 7.89. The Morgan fingerprint density at radius 3 is 2.41 bits per heavy atom. The zero-order valence-corrected chi connectivity index (χ0v) is 16.1. The Morgan fingerprint density at radius 1 is 1.15 bits per heavy atom. The zero-order chi connectivity index (χ0) is 20.1. The molecule has 0 radical (unpaired) electrons. The van der Waals surface area contributed by atoms with Gasteiger partial charge in [-0.15, -0.1) is 0 Å². The van der Waals surface area contributed by atoms with Crippen molar-refractivity contribution in [3.05, 3.63) is 57.6 Å². The van der Waals surface area contributed by atoms with Gasteiger partial charge in [0.15, 0.2) is 6.10 Å². The lowest BCUT2D eigenvalue weighted by molar-refractivity contribution is -0.384. The second-order valence-corrected chi connectivity index (χ2v) is 6.56. The van der Waals surface area contributed by atoms with E-state index in [2.05, 4.69) is 19.2 Å². The van der Waals surface area contributed by atoms with Gasteiger partial charge in [-0.05, 0) is 49.1 Å². The predicted molar refractivity (Wildman–Crippen MR) is 104 cm³/mol. The number of methoxy groups -OCH3 is 1. The minimum atomic E-state index is -0.755.